The number of rotatable bonds is 2. The van der Waals surface area contributed by atoms with Crippen LogP contribution in [-0.4, -0.2) is 14.2 Å². The molecule has 0 spiro atoms. The molecular formula is C13H13NO2. The Hall–Kier alpha value is -1.95. The highest BCUT2D eigenvalue weighted by atomic mass is 16.5. The van der Waals surface area contributed by atoms with E-state index in [0.29, 0.717) is 5.57 Å². The molecule has 0 fully saturated rings. The molecular weight excluding hydrogens is 202 g/mol. The molecule has 3 nitrogen and oxygen atoms in total. The Balaban J connectivity index is 2.68. The summed E-state index contributed by atoms with van der Waals surface area (Å²) in [6.45, 7) is 0. The number of nitrogens with zero attached hydrogens (tertiary/aromatic N) is 1. The number of benzene rings is 1. The molecule has 1 aromatic rings. The van der Waals surface area contributed by atoms with Crippen molar-refractivity contribution in [1.29, 1.82) is 5.26 Å². The van der Waals surface area contributed by atoms with Crippen LogP contribution in [0.15, 0.2) is 18.2 Å². The van der Waals surface area contributed by atoms with E-state index >= 15 is 0 Å². The van der Waals surface area contributed by atoms with Gasteiger partial charge in [-0.1, -0.05) is 6.08 Å². The van der Waals surface area contributed by atoms with Crippen molar-refractivity contribution in [2.45, 2.75) is 12.8 Å². The number of nitriles is 1. The molecule has 0 saturated heterocycles. The van der Waals surface area contributed by atoms with Crippen LogP contribution in [0.25, 0.3) is 5.57 Å². The summed E-state index contributed by atoms with van der Waals surface area (Å²) in [6.07, 6.45) is 3.71. The molecule has 1 aromatic carbocycles. The standard InChI is InChI=1S/C13H13NO2/c1-15-11-6-7-12(16-2)13-9(8-14)4-3-5-10(11)13/h4,6-7H,3,5H2,1-2H3. The van der Waals surface area contributed by atoms with Crippen molar-refractivity contribution < 1.29 is 9.47 Å². The summed E-state index contributed by atoms with van der Waals surface area (Å²) < 4.78 is 10.6. The van der Waals surface area contributed by atoms with Crippen molar-refractivity contribution in [2.24, 2.45) is 0 Å². The van der Waals surface area contributed by atoms with Gasteiger partial charge in [-0.25, -0.2) is 0 Å². The van der Waals surface area contributed by atoms with E-state index in [1.807, 2.05) is 18.2 Å². The Kier molecular flexibility index (Phi) is 2.82. The normalized spacial score (nSPS) is 13.4. The van der Waals surface area contributed by atoms with Crippen LogP contribution in [0.2, 0.25) is 0 Å². The van der Waals surface area contributed by atoms with Gasteiger partial charge in [0.2, 0.25) is 0 Å². The van der Waals surface area contributed by atoms with Crippen molar-refractivity contribution in [3.63, 3.8) is 0 Å². The number of hydrogen-bond acceptors (Lipinski definition) is 3. The van der Waals surface area contributed by atoms with Gasteiger partial charge in [0.15, 0.2) is 0 Å². The Morgan fingerprint density at radius 1 is 1.19 bits per heavy atom. The van der Waals surface area contributed by atoms with E-state index in [9.17, 15) is 0 Å². The van der Waals surface area contributed by atoms with Crippen LogP contribution < -0.4 is 9.47 Å². The molecule has 0 heterocycles. The van der Waals surface area contributed by atoms with Gasteiger partial charge in [0.25, 0.3) is 0 Å². The van der Waals surface area contributed by atoms with E-state index in [1.165, 1.54) is 0 Å². The quantitative estimate of drug-likeness (QED) is 0.761. The predicted molar refractivity (Wildman–Crippen MR) is 61.5 cm³/mol. The van der Waals surface area contributed by atoms with Gasteiger partial charge in [0, 0.05) is 11.1 Å². The maximum atomic E-state index is 9.11. The first kappa shape index (κ1) is 10.6. The Morgan fingerprint density at radius 2 is 1.88 bits per heavy atom. The molecule has 0 radical (unpaired) electrons. The molecule has 0 unspecified atom stereocenters. The highest BCUT2D eigenvalue weighted by molar-refractivity contribution is 5.84. The number of hydrogen-bond donors (Lipinski definition) is 0. The first-order chi connectivity index (χ1) is 7.81. The van der Waals surface area contributed by atoms with Gasteiger partial charge in [-0.3, -0.25) is 0 Å². The SMILES string of the molecule is COc1ccc(OC)c2c1CCC=C2C#N. The molecule has 0 saturated carbocycles. The zero-order valence-electron chi connectivity index (χ0n) is 9.41. The Bertz CT molecular complexity index is 483. The van der Waals surface area contributed by atoms with E-state index in [0.717, 1.165) is 35.5 Å². The van der Waals surface area contributed by atoms with Crippen LogP contribution in [0, 0.1) is 11.3 Å². The second-order valence-electron chi connectivity index (χ2n) is 3.59. The van der Waals surface area contributed by atoms with Crippen molar-refractivity contribution in [3.05, 3.63) is 29.3 Å². The molecule has 1 aliphatic rings. The van der Waals surface area contributed by atoms with Gasteiger partial charge in [-0.15, -0.1) is 0 Å². The lowest BCUT2D eigenvalue weighted by Crippen LogP contribution is -2.04. The average Bonchev–Trinajstić information content (AvgIpc) is 2.36. The van der Waals surface area contributed by atoms with Crippen LogP contribution in [0.5, 0.6) is 11.5 Å². The van der Waals surface area contributed by atoms with Gasteiger partial charge in [-0.2, -0.15) is 5.26 Å². The predicted octanol–water partition coefficient (Wildman–Crippen LogP) is 2.56. The highest BCUT2D eigenvalue weighted by Crippen LogP contribution is 2.38. The average molecular weight is 215 g/mol. The first-order valence-corrected chi connectivity index (χ1v) is 5.16. The van der Waals surface area contributed by atoms with Crippen molar-refractivity contribution >= 4 is 5.57 Å². The van der Waals surface area contributed by atoms with Crippen molar-refractivity contribution in [1.82, 2.24) is 0 Å². The van der Waals surface area contributed by atoms with Crippen molar-refractivity contribution in [2.75, 3.05) is 14.2 Å². The summed E-state index contributed by atoms with van der Waals surface area (Å²) in [4.78, 5) is 0. The molecule has 0 N–H and O–H groups in total. The van der Waals surface area contributed by atoms with Crippen LogP contribution in [0.3, 0.4) is 0 Å². The van der Waals surface area contributed by atoms with E-state index < -0.39 is 0 Å². The number of methoxy groups -OCH3 is 2. The lowest BCUT2D eigenvalue weighted by Gasteiger charge is -2.19. The monoisotopic (exact) mass is 215 g/mol. The van der Waals surface area contributed by atoms with E-state index in [2.05, 4.69) is 6.07 Å². The van der Waals surface area contributed by atoms with E-state index in [1.54, 1.807) is 14.2 Å². The minimum Gasteiger partial charge on any atom is -0.496 e. The summed E-state index contributed by atoms with van der Waals surface area (Å²) >= 11 is 0. The fourth-order valence-electron chi connectivity index (χ4n) is 2.08. The molecule has 16 heavy (non-hydrogen) atoms. The maximum Gasteiger partial charge on any atom is 0.127 e. The zero-order chi connectivity index (χ0) is 11.5. The van der Waals surface area contributed by atoms with Crippen LogP contribution >= 0.6 is 0 Å². The third-order valence-electron chi connectivity index (χ3n) is 2.80. The molecule has 0 aromatic heterocycles. The summed E-state index contributed by atoms with van der Waals surface area (Å²) in [5.41, 5.74) is 2.63. The number of fused-ring (bicyclic) bond motifs is 1. The zero-order valence-corrected chi connectivity index (χ0v) is 9.41. The summed E-state index contributed by atoms with van der Waals surface area (Å²) in [7, 11) is 3.26. The highest BCUT2D eigenvalue weighted by Gasteiger charge is 2.20. The molecule has 1 aliphatic carbocycles. The third-order valence-corrected chi connectivity index (χ3v) is 2.80. The number of allylic oxidation sites excluding steroid dienone is 2. The molecule has 0 amide bonds. The van der Waals surface area contributed by atoms with Crippen LogP contribution in [-0.2, 0) is 6.42 Å². The summed E-state index contributed by atoms with van der Waals surface area (Å²) in [6, 6.07) is 5.94. The van der Waals surface area contributed by atoms with Gasteiger partial charge in [0.05, 0.1) is 25.9 Å². The third kappa shape index (κ3) is 1.53. The minimum absolute atomic E-state index is 0.678. The fourth-order valence-corrected chi connectivity index (χ4v) is 2.08. The minimum atomic E-state index is 0.678. The number of ether oxygens (including phenoxy) is 2. The topological polar surface area (TPSA) is 42.2 Å². The summed E-state index contributed by atoms with van der Waals surface area (Å²) in [5.74, 6) is 1.57. The van der Waals surface area contributed by atoms with Gasteiger partial charge < -0.3 is 9.47 Å². The molecule has 82 valence electrons. The van der Waals surface area contributed by atoms with Gasteiger partial charge in [0.1, 0.15) is 11.5 Å². The lowest BCUT2D eigenvalue weighted by atomic mass is 9.90. The Morgan fingerprint density at radius 3 is 2.50 bits per heavy atom. The largest absolute Gasteiger partial charge is 0.496 e. The lowest BCUT2D eigenvalue weighted by molar-refractivity contribution is 0.397. The smallest absolute Gasteiger partial charge is 0.127 e. The van der Waals surface area contributed by atoms with Gasteiger partial charge in [-0.05, 0) is 25.0 Å². The van der Waals surface area contributed by atoms with Crippen LogP contribution in [0.1, 0.15) is 17.5 Å². The molecule has 3 heteroatoms. The van der Waals surface area contributed by atoms with Gasteiger partial charge >= 0.3 is 0 Å². The first-order valence-electron chi connectivity index (χ1n) is 5.16. The van der Waals surface area contributed by atoms with Crippen LogP contribution in [0.4, 0.5) is 0 Å². The summed E-state index contributed by atoms with van der Waals surface area (Å²) in [5, 5.41) is 9.11. The molecule has 0 bridgehead atoms. The second-order valence-corrected chi connectivity index (χ2v) is 3.59. The fraction of sp³-hybridized carbons (Fsp3) is 0.308. The molecule has 0 aliphatic heterocycles. The molecule has 2 rings (SSSR count). The molecule has 0 atom stereocenters. The second kappa shape index (κ2) is 4.28. The maximum absolute atomic E-state index is 9.11. The van der Waals surface area contributed by atoms with E-state index in [4.69, 9.17) is 14.7 Å². The van der Waals surface area contributed by atoms with Crippen molar-refractivity contribution in [3.8, 4) is 17.6 Å². The van der Waals surface area contributed by atoms with E-state index in [-0.39, 0.29) is 0 Å². The Labute approximate surface area is 94.9 Å².